The standard InChI is InChI=1S/C9H7ClFNO4S/c10-7-3-1-2-6(4-7)8-5-16-9(13)12(8)17(11,14)15/h1-4,8H,5H2/t8-/m1/s1. The Morgan fingerprint density at radius 2 is 2.18 bits per heavy atom. The number of benzene rings is 1. The SMILES string of the molecule is O=C1OC[C@H](c2cccc(Cl)c2)N1S(=O)(=O)F. The van der Waals surface area contributed by atoms with Crippen LogP contribution in [0.2, 0.25) is 5.02 Å². The second-order valence-corrected chi connectivity index (χ2v) is 5.04. The molecule has 1 aliphatic rings. The van der Waals surface area contributed by atoms with Crippen LogP contribution in [0.1, 0.15) is 11.6 Å². The minimum atomic E-state index is -5.15. The van der Waals surface area contributed by atoms with Crippen LogP contribution in [0.3, 0.4) is 0 Å². The molecule has 0 aromatic heterocycles. The molecule has 1 fully saturated rings. The second kappa shape index (κ2) is 4.15. The molecular weight excluding hydrogens is 273 g/mol. The van der Waals surface area contributed by atoms with Gasteiger partial charge in [-0.3, -0.25) is 0 Å². The zero-order valence-electron chi connectivity index (χ0n) is 8.34. The molecule has 0 aliphatic carbocycles. The summed E-state index contributed by atoms with van der Waals surface area (Å²) in [6.45, 7) is -0.234. The lowest BCUT2D eigenvalue weighted by molar-refractivity contribution is 0.169. The minimum absolute atomic E-state index is 0.0681. The van der Waals surface area contributed by atoms with Crippen LogP contribution in [0.4, 0.5) is 8.68 Å². The molecular formula is C9H7ClFNO4S. The van der Waals surface area contributed by atoms with Crippen LogP contribution in [0, 0.1) is 0 Å². The Kier molecular flexibility index (Phi) is 2.96. The van der Waals surface area contributed by atoms with Crippen molar-refractivity contribution in [2.24, 2.45) is 0 Å². The Morgan fingerprint density at radius 3 is 2.76 bits per heavy atom. The molecule has 0 spiro atoms. The van der Waals surface area contributed by atoms with Crippen molar-refractivity contribution in [3.05, 3.63) is 34.9 Å². The fourth-order valence-electron chi connectivity index (χ4n) is 1.60. The maximum absolute atomic E-state index is 12.9. The smallest absolute Gasteiger partial charge is 0.426 e. The van der Waals surface area contributed by atoms with Crippen LogP contribution in [-0.4, -0.2) is 25.4 Å². The first-order valence-corrected chi connectivity index (χ1v) is 6.27. The monoisotopic (exact) mass is 279 g/mol. The summed E-state index contributed by atoms with van der Waals surface area (Å²) < 4.78 is 39.2. The lowest BCUT2D eigenvalue weighted by Crippen LogP contribution is -2.31. The number of halogens is 2. The van der Waals surface area contributed by atoms with E-state index >= 15 is 0 Å². The Hall–Kier alpha value is -1.34. The van der Waals surface area contributed by atoms with Gasteiger partial charge in [-0.05, 0) is 17.7 Å². The number of rotatable bonds is 2. The van der Waals surface area contributed by atoms with Crippen LogP contribution in [0.5, 0.6) is 0 Å². The average molecular weight is 280 g/mol. The topological polar surface area (TPSA) is 63.7 Å². The van der Waals surface area contributed by atoms with Gasteiger partial charge in [-0.15, -0.1) is 0 Å². The summed E-state index contributed by atoms with van der Waals surface area (Å²) in [7, 11) is -5.15. The van der Waals surface area contributed by atoms with Gasteiger partial charge in [0.1, 0.15) is 12.6 Å². The zero-order valence-corrected chi connectivity index (χ0v) is 9.91. The summed E-state index contributed by atoms with van der Waals surface area (Å²) in [6, 6.07) is 5.12. The van der Waals surface area contributed by atoms with Crippen molar-refractivity contribution in [3.8, 4) is 0 Å². The van der Waals surface area contributed by atoms with E-state index in [0.29, 0.717) is 10.6 Å². The number of nitrogens with zero attached hydrogens (tertiary/aromatic N) is 1. The molecule has 1 amide bonds. The maximum atomic E-state index is 12.9. The predicted molar refractivity (Wildman–Crippen MR) is 57.4 cm³/mol. The highest BCUT2D eigenvalue weighted by molar-refractivity contribution is 7.84. The Morgan fingerprint density at radius 1 is 1.47 bits per heavy atom. The number of carbonyl (C=O) groups excluding carboxylic acids is 1. The van der Waals surface area contributed by atoms with E-state index in [1.807, 2.05) is 0 Å². The van der Waals surface area contributed by atoms with Gasteiger partial charge in [-0.1, -0.05) is 27.6 Å². The van der Waals surface area contributed by atoms with E-state index < -0.39 is 22.5 Å². The highest BCUT2D eigenvalue weighted by Gasteiger charge is 2.43. The van der Waals surface area contributed by atoms with Crippen LogP contribution < -0.4 is 0 Å². The zero-order chi connectivity index (χ0) is 12.6. The molecule has 0 radical (unpaired) electrons. The van der Waals surface area contributed by atoms with Crippen LogP contribution in [0.15, 0.2) is 24.3 Å². The van der Waals surface area contributed by atoms with Gasteiger partial charge in [0.05, 0.1) is 0 Å². The molecule has 5 nitrogen and oxygen atoms in total. The van der Waals surface area contributed by atoms with Crippen LogP contribution in [-0.2, 0) is 15.1 Å². The van der Waals surface area contributed by atoms with Gasteiger partial charge >= 0.3 is 16.5 Å². The number of carbonyl (C=O) groups is 1. The van der Waals surface area contributed by atoms with E-state index in [0.717, 1.165) is 0 Å². The van der Waals surface area contributed by atoms with Crippen molar-refractivity contribution >= 4 is 28.1 Å². The summed E-state index contributed by atoms with van der Waals surface area (Å²) in [6.07, 6.45) is -1.22. The largest absolute Gasteiger partial charge is 0.446 e. The lowest BCUT2D eigenvalue weighted by Gasteiger charge is -2.16. The van der Waals surface area contributed by atoms with E-state index in [4.69, 9.17) is 11.6 Å². The first-order chi connectivity index (χ1) is 7.89. The number of cyclic esters (lactones) is 1. The maximum Gasteiger partial charge on any atom is 0.426 e. The van der Waals surface area contributed by atoms with Crippen molar-refractivity contribution < 1.29 is 21.8 Å². The Balaban J connectivity index is 2.42. The third-order valence-corrected chi connectivity index (χ3v) is 3.40. The van der Waals surface area contributed by atoms with Crippen molar-refractivity contribution in [2.75, 3.05) is 6.61 Å². The van der Waals surface area contributed by atoms with Gasteiger partial charge in [0.15, 0.2) is 0 Å². The summed E-state index contributed by atoms with van der Waals surface area (Å²) in [5.74, 6) is 0. The molecule has 1 heterocycles. The summed E-state index contributed by atoms with van der Waals surface area (Å²) in [4.78, 5) is 11.1. The first-order valence-electron chi connectivity index (χ1n) is 4.56. The van der Waals surface area contributed by atoms with E-state index in [1.165, 1.54) is 12.1 Å². The van der Waals surface area contributed by atoms with Crippen molar-refractivity contribution in [1.82, 2.24) is 4.31 Å². The third-order valence-electron chi connectivity index (χ3n) is 2.30. The average Bonchev–Trinajstić information content (AvgIpc) is 2.59. The molecule has 92 valence electrons. The Bertz CT molecular complexity index is 562. The lowest BCUT2D eigenvalue weighted by atomic mass is 10.1. The summed E-state index contributed by atoms with van der Waals surface area (Å²) >= 11 is 5.73. The second-order valence-electron chi connectivity index (χ2n) is 3.39. The molecule has 0 unspecified atom stereocenters. The van der Waals surface area contributed by atoms with Crippen LogP contribution in [0.25, 0.3) is 0 Å². The van der Waals surface area contributed by atoms with Crippen molar-refractivity contribution in [1.29, 1.82) is 0 Å². The van der Waals surface area contributed by atoms with Gasteiger partial charge in [0, 0.05) is 5.02 Å². The van der Waals surface area contributed by atoms with E-state index in [9.17, 15) is 17.1 Å². The van der Waals surface area contributed by atoms with Crippen LogP contribution >= 0.6 is 11.6 Å². The molecule has 1 aromatic rings. The molecule has 1 atom stereocenters. The highest BCUT2D eigenvalue weighted by atomic mass is 35.5. The summed E-state index contributed by atoms with van der Waals surface area (Å²) in [5, 5.41) is 0.359. The quantitative estimate of drug-likeness (QED) is 0.777. The molecule has 1 saturated heterocycles. The number of amides is 1. The minimum Gasteiger partial charge on any atom is -0.446 e. The molecule has 1 aliphatic heterocycles. The normalized spacial score (nSPS) is 20.5. The first kappa shape index (κ1) is 12.1. The van der Waals surface area contributed by atoms with Gasteiger partial charge < -0.3 is 4.74 Å². The molecule has 1 aromatic carbocycles. The van der Waals surface area contributed by atoms with E-state index in [-0.39, 0.29) is 10.9 Å². The molecule has 0 bridgehead atoms. The fourth-order valence-corrected chi connectivity index (χ4v) is 2.51. The molecule has 0 N–H and O–H groups in total. The molecule has 0 saturated carbocycles. The van der Waals surface area contributed by atoms with E-state index in [1.54, 1.807) is 12.1 Å². The molecule has 17 heavy (non-hydrogen) atoms. The number of ether oxygens (including phenoxy) is 1. The number of hydrogen-bond acceptors (Lipinski definition) is 4. The highest BCUT2D eigenvalue weighted by Crippen LogP contribution is 2.31. The molecule has 8 heteroatoms. The fraction of sp³-hybridized carbons (Fsp3) is 0.222. The number of hydrogen-bond donors (Lipinski definition) is 0. The van der Waals surface area contributed by atoms with Crippen molar-refractivity contribution in [2.45, 2.75) is 6.04 Å². The Labute approximate surface area is 102 Å². The van der Waals surface area contributed by atoms with Gasteiger partial charge in [0.25, 0.3) is 0 Å². The third kappa shape index (κ3) is 2.34. The molecule has 2 rings (SSSR count). The van der Waals surface area contributed by atoms with Gasteiger partial charge in [0.2, 0.25) is 0 Å². The predicted octanol–water partition coefficient (Wildman–Crippen LogP) is 2.05. The van der Waals surface area contributed by atoms with Crippen molar-refractivity contribution in [3.63, 3.8) is 0 Å². The van der Waals surface area contributed by atoms with E-state index in [2.05, 4.69) is 4.74 Å². The van der Waals surface area contributed by atoms with Gasteiger partial charge in [-0.25, -0.2) is 4.79 Å². The summed E-state index contributed by atoms with van der Waals surface area (Å²) in [5.41, 5.74) is 0.393. The van der Waals surface area contributed by atoms with Gasteiger partial charge in [-0.2, -0.15) is 12.7 Å².